The molecule has 0 unspecified atom stereocenters. The Balaban J connectivity index is 1.77. The quantitative estimate of drug-likeness (QED) is 0.876. The van der Waals surface area contributed by atoms with E-state index in [2.05, 4.69) is 26.6 Å². The van der Waals surface area contributed by atoms with Gasteiger partial charge < -0.3 is 10.6 Å². The number of carbonyl (C=O) groups is 1. The summed E-state index contributed by atoms with van der Waals surface area (Å²) in [5.41, 5.74) is 2.08. The van der Waals surface area contributed by atoms with Crippen molar-refractivity contribution in [3.05, 3.63) is 76.4 Å². The molecule has 102 valence electrons. The Bertz CT molecular complexity index is 596. The molecule has 0 fully saturated rings. The maximum atomic E-state index is 11.6. The van der Waals surface area contributed by atoms with E-state index in [1.807, 2.05) is 60.7 Å². The third-order valence-corrected chi connectivity index (χ3v) is 3.13. The van der Waals surface area contributed by atoms with Crippen LogP contribution in [0.4, 0.5) is 4.79 Å². The first kappa shape index (κ1) is 14.3. The van der Waals surface area contributed by atoms with Crippen molar-refractivity contribution in [3.8, 4) is 0 Å². The lowest BCUT2D eigenvalue weighted by Crippen LogP contribution is -2.31. The van der Waals surface area contributed by atoms with Crippen molar-refractivity contribution >= 4 is 28.0 Å². The molecule has 0 saturated heterocycles. The summed E-state index contributed by atoms with van der Waals surface area (Å²) in [6.07, 6.45) is 3.48. The first-order chi connectivity index (χ1) is 9.74. The van der Waals surface area contributed by atoms with Gasteiger partial charge in [-0.15, -0.1) is 0 Å². The number of hydrogen-bond donors (Lipinski definition) is 2. The van der Waals surface area contributed by atoms with Crippen LogP contribution in [0.3, 0.4) is 0 Å². The third-order valence-electron chi connectivity index (χ3n) is 2.63. The van der Waals surface area contributed by atoms with Crippen LogP contribution < -0.4 is 10.6 Å². The molecule has 0 atom stereocenters. The van der Waals surface area contributed by atoms with Gasteiger partial charge in [0.2, 0.25) is 0 Å². The van der Waals surface area contributed by atoms with E-state index in [9.17, 15) is 4.79 Å². The molecule has 3 nitrogen and oxygen atoms in total. The van der Waals surface area contributed by atoms with Crippen LogP contribution in [0.25, 0.3) is 6.08 Å². The number of rotatable bonds is 4. The third kappa shape index (κ3) is 4.90. The average Bonchev–Trinajstić information content (AvgIpc) is 2.46. The van der Waals surface area contributed by atoms with E-state index in [1.54, 1.807) is 6.20 Å². The van der Waals surface area contributed by atoms with Gasteiger partial charge in [0.05, 0.1) is 0 Å². The highest BCUT2D eigenvalue weighted by Crippen LogP contribution is 2.11. The van der Waals surface area contributed by atoms with Crippen molar-refractivity contribution in [1.82, 2.24) is 10.6 Å². The SMILES string of the molecule is O=C(N/C=C/c1ccccc1)NCc1cccc(Br)c1. The zero-order chi connectivity index (χ0) is 14.2. The van der Waals surface area contributed by atoms with Gasteiger partial charge in [-0.3, -0.25) is 0 Å². The summed E-state index contributed by atoms with van der Waals surface area (Å²) >= 11 is 3.40. The highest BCUT2D eigenvalue weighted by atomic mass is 79.9. The Hall–Kier alpha value is -2.07. The van der Waals surface area contributed by atoms with Crippen LogP contribution in [0.15, 0.2) is 65.3 Å². The number of hydrogen-bond acceptors (Lipinski definition) is 1. The van der Waals surface area contributed by atoms with E-state index in [-0.39, 0.29) is 6.03 Å². The fraction of sp³-hybridized carbons (Fsp3) is 0.0625. The molecule has 0 saturated carbocycles. The van der Waals surface area contributed by atoms with Crippen LogP contribution in [0.5, 0.6) is 0 Å². The standard InChI is InChI=1S/C16H15BrN2O/c17-15-8-4-7-14(11-15)12-19-16(20)18-10-9-13-5-2-1-3-6-13/h1-11H,12H2,(H2,18,19,20)/b10-9+. The Kier molecular flexibility index (Phi) is 5.38. The predicted molar refractivity (Wildman–Crippen MR) is 85.0 cm³/mol. The van der Waals surface area contributed by atoms with Crippen LogP contribution >= 0.6 is 15.9 Å². The summed E-state index contributed by atoms with van der Waals surface area (Å²) in [7, 11) is 0. The maximum Gasteiger partial charge on any atom is 0.319 e. The van der Waals surface area contributed by atoms with Crippen molar-refractivity contribution in [2.45, 2.75) is 6.54 Å². The average molecular weight is 331 g/mol. The maximum absolute atomic E-state index is 11.6. The van der Waals surface area contributed by atoms with Crippen molar-refractivity contribution in [2.24, 2.45) is 0 Å². The van der Waals surface area contributed by atoms with Crippen LogP contribution in [0.1, 0.15) is 11.1 Å². The summed E-state index contributed by atoms with van der Waals surface area (Å²) in [6, 6.07) is 17.4. The molecule has 0 aliphatic rings. The van der Waals surface area contributed by atoms with Crippen molar-refractivity contribution in [1.29, 1.82) is 0 Å². The monoisotopic (exact) mass is 330 g/mol. The molecule has 0 heterocycles. The Labute approximate surface area is 126 Å². The number of nitrogens with one attached hydrogen (secondary N) is 2. The number of benzene rings is 2. The minimum Gasteiger partial charge on any atom is -0.334 e. The molecule has 0 aliphatic carbocycles. The second-order valence-electron chi connectivity index (χ2n) is 4.20. The van der Waals surface area contributed by atoms with Gasteiger partial charge in [-0.1, -0.05) is 58.4 Å². The first-order valence-electron chi connectivity index (χ1n) is 6.24. The normalized spacial score (nSPS) is 10.4. The van der Waals surface area contributed by atoms with Gasteiger partial charge in [0.1, 0.15) is 0 Å². The minimum absolute atomic E-state index is 0.225. The highest BCUT2D eigenvalue weighted by Gasteiger charge is 1.98. The molecule has 0 aromatic heterocycles. The van der Waals surface area contributed by atoms with Gasteiger partial charge in [-0.05, 0) is 29.3 Å². The van der Waals surface area contributed by atoms with Gasteiger partial charge in [0.25, 0.3) is 0 Å². The summed E-state index contributed by atoms with van der Waals surface area (Å²) in [6.45, 7) is 0.491. The molecule has 2 amide bonds. The van der Waals surface area contributed by atoms with Crippen molar-refractivity contribution in [3.63, 3.8) is 0 Å². The molecule has 4 heteroatoms. The summed E-state index contributed by atoms with van der Waals surface area (Å²) < 4.78 is 1.00. The molecule has 0 bridgehead atoms. The molecular formula is C16H15BrN2O. The molecule has 2 N–H and O–H groups in total. The Morgan fingerprint density at radius 1 is 1.10 bits per heavy atom. The topological polar surface area (TPSA) is 41.1 Å². The zero-order valence-electron chi connectivity index (χ0n) is 10.8. The second-order valence-corrected chi connectivity index (χ2v) is 5.12. The van der Waals surface area contributed by atoms with E-state index in [0.29, 0.717) is 6.54 Å². The molecule has 0 spiro atoms. The fourth-order valence-electron chi connectivity index (χ4n) is 1.66. The lowest BCUT2D eigenvalue weighted by molar-refractivity contribution is 0.244. The molecular weight excluding hydrogens is 316 g/mol. The molecule has 2 rings (SSSR count). The van der Waals surface area contributed by atoms with E-state index in [0.717, 1.165) is 15.6 Å². The van der Waals surface area contributed by atoms with Gasteiger partial charge in [-0.2, -0.15) is 0 Å². The molecule has 0 aliphatic heterocycles. The summed E-state index contributed by atoms with van der Waals surface area (Å²) in [5.74, 6) is 0. The van der Waals surface area contributed by atoms with Gasteiger partial charge in [0, 0.05) is 17.2 Å². The predicted octanol–water partition coefficient (Wildman–Crippen LogP) is 3.92. The van der Waals surface area contributed by atoms with E-state index >= 15 is 0 Å². The lowest BCUT2D eigenvalue weighted by Gasteiger charge is -2.05. The lowest BCUT2D eigenvalue weighted by atomic mass is 10.2. The van der Waals surface area contributed by atoms with E-state index in [4.69, 9.17) is 0 Å². The minimum atomic E-state index is -0.225. The molecule has 2 aromatic rings. The zero-order valence-corrected chi connectivity index (χ0v) is 12.4. The number of carbonyl (C=O) groups excluding carboxylic acids is 1. The number of amides is 2. The van der Waals surface area contributed by atoms with Crippen LogP contribution in [-0.4, -0.2) is 6.03 Å². The molecule has 20 heavy (non-hydrogen) atoms. The molecule has 2 aromatic carbocycles. The highest BCUT2D eigenvalue weighted by molar-refractivity contribution is 9.10. The summed E-state index contributed by atoms with van der Waals surface area (Å²) in [5, 5.41) is 5.46. The largest absolute Gasteiger partial charge is 0.334 e. The van der Waals surface area contributed by atoms with Crippen LogP contribution in [-0.2, 0) is 6.54 Å². The Morgan fingerprint density at radius 2 is 1.90 bits per heavy atom. The number of halogens is 1. The summed E-state index contributed by atoms with van der Waals surface area (Å²) in [4.78, 5) is 11.6. The molecule has 0 radical (unpaired) electrons. The first-order valence-corrected chi connectivity index (χ1v) is 7.04. The van der Waals surface area contributed by atoms with E-state index < -0.39 is 0 Å². The number of urea groups is 1. The van der Waals surface area contributed by atoms with Crippen molar-refractivity contribution < 1.29 is 4.79 Å². The van der Waals surface area contributed by atoms with Gasteiger partial charge >= 0.3 is 6.03 Å². The second kappa shape index (κ2) is 7.50. The van der Waals surface area contributed by atoms with Crippen LogP contribution in [0.2, 0.25) is 0 Å². The van der Waals surface area contributed by atoms with Gasteiger partial charge in [-0.25, -0.2) is 4.79 Å². The fourth-order valence-corrected chi connectivity index (χ4v) is 2.10. The van der Waals surface area contributed by atoms with E-state index in [1.165, 1.54) is 0 Å². The van der Waals surface area contributed by atoms with Gasteiger partial charge in [0.15, 0.2) is 0 Å². The smallest absolute Gasteiger partial charge is 0.319 e. The van der Waals surface area contributed by atoms with Crippen LogP contribution in [0, 0.1) is 0 Å². The van der Waals surface area contributed by atoms with Crippen molar-refractivity contribution in [2.75, 3.05) is 0 Å². The Morgan fingerprint density at radius 3 is 2.65 bits per heavy atom.